The fraction of sp³-hybridized carbons (Fsp3) is 0.409. The fourth-order valence-corrected chi connectivity index (χ4v) is 3.84. The van der Waals surface area contributed by atoms with E-state index >= 15 is 0 Å². The van der Waals surface area contributed by atoms with Gasteiger partial charge in [0.15, 0.2) is 17.5 Å². The molecule has 2 aliphatic rings. The maximum absolute atomic E-state index is 12.8. The Bertz CT molecular complexity index is 848. The van der Waals surface area contributed by atoms with Gasteiger partial charge in [-0.25, -0.2) is 0 Å². The van der Waals surface area contributed by atoms with Crippen LogP contribution in [0.2, 0.25) is 0 Å². The van der Waals surface area contributed by atoms with Gasteiger partial charge in [-0.15, -0.1) is 0 Å². The summed E-state index contributed by atoms with van der Waals surface area (Å²) in [5.41, 5.74) is 1.93. The highest BCUT2D eigenvalue weighted by molar-refractivity contribution is 5.94. The summed E-state index contributed by atoms with van der Waals surface area (Å²) in [7, 11) is 1.68. The van der Waals surface area contributed by atoms with E-state index in [2.05, 4.69) is 22.3 Å². The molecule has 7 nitrogen and oxygen atoms in total. The molecule has 0 unspecified atom stereocenters. The van der Waals surface area contributed by atoms with Crippen molar-refractivity contribution in [2.45, 2.75) is 13.0 Å². The lowest BCUT2D eigenvalue weighted by atomic mass is 10.2. The minimum absolute atomic E-state index is 0.0228. The number of amides is 1. The number of rotatable bonds is 5. The zero-order valence-corrected chi connectivity index (χ0v) is 16.9. The Hall–Kier alpha value is -2.93. The van der Waals surface area contributed by atoms with E-state index in [9.17, 15) is 4.79 Å². The number of methoxy groups -OCH3 is 1. The molecule has 154 valence electrons. The van der Waals surface area contributed by atoms with Crippen LogP contribution in [0.3, 0.4) is 0 Å². The number of nitrogens with one attached hydrogen (secondary N) is 2. The normalized spacial score (nSPS) is 17.5. The van der Waals surface area contributed by atoms with Gasteiger partial charge >= 0.3 is 0 Å². The maximum Gasteiger partial charge on any atom is 0.282 e. The first-order valence-corrected chi connectivity index (χ1v) is 10.1. The van der Waals surface area contributed by atoms with Crippen molar-refractivity contribution < 1.29 is 23.9 Å². The average Bonchev–Trinajstić information content (AvgIpc) is 2.78. The first-order valence-electron chi connectivity index (χ1n) is 10.1. The van der Waals surface area contributed by atoms with Crippen LogP contribution in [-0.4, -0.2) is 58.5 Å². The van der Waals surface area contributed by atoms with Gasteiger partial charge in [0, 0.05) is 17.4 Å². The molecule has 2 heterocycles. The van der Waals surface area contributed by atoms with Gasteiger partial charge in [-0.1, -0.05) is 0 Å². The molecular formula is C22H28N3O4+. The van der Waals surface area contributed by atoms with E-state index in [1.807, 2.05) is 37.3 Å². The van der Waals surface area contributed by atoms with Crippen molar-refractivity contribution in [1.29, 1.82) is 0 Å². The second kappa shape index (κ2) is 8.61. The van der Waals surface area contributed by atoms with Crippen molar-refractivity contribution in [1.82, 2.24) is 0 Å². The predicted molar refractivity (Wildman–Crippen MR) is 111 cm³/mol. The second-order valence-corrected chi connectivity index (χ2v) is 7.41. The van der Waals surface area contributed by atoms with Crippen molar-refractivity contribution >= 4 is 17.3 Å². The molecule has 1 atom stereocenters. The smallest absolute Gasteiger partial charge is 0.282 e. The quantitative estimate of drug-likeness (QED) is 0.793. The van der Waals surface area contributed by atoms with E-state index in [4.69, 9.17) is 14.2 Å². The van der Waals surface area contributed by atoms with Crippen LogP contribution in [0.15, 0.2) is 42.5 Å². The molecular weight excluding hydrogens is 370 g/mol. The van der Waals surface area contributed by atoms with Gasteiger partial charge in [-0.2, -0.15) is 0 Å². The van der Waals surface area contributed by atoms with Crippen LogP contribution < -0.4 is 29.3 Å². The number of nitrogens with zero attached hydrogens (tertiary/aromatic N) is 1. The highest BCUT2D eigenvalue weighted by Gasteiger charge is 2.29. The Labute approximate surface area is 171 Å². The van der Waals surface area contributed by atoms with Crippen LogP contribution in [0.5, 0.6) is 17.2 Å². The molecule has 1 fully saturated rings. The molecule has 4 rings (SSSR count). The summed E-state index contributed by atoms with van der Waals surface area (Å²) in [4.78, 5) is 16.4. The number of benzene rings is 2. The van der Waals surface area contributed by atoms with Gasteiger partial charge in [0.25, 0.3) is 5.91 Å². The molecule has 1 saturated heterocycles. The van der Waals surface area contributed by atoms with Crippen molar-refractivity contribution in [3.8, 4) is 17.2 Å². The number of hydrogen-bond acceptors (Lipinski definition) is 5. The predicted octanol–water partition coefficient (Wildman–Crippen LogP) is 1.20. The molecule has 2 aromatic carbocycles. The number of carbonyl (C=O) groups is 1. The SMILES string of the molecule is COc1ccc(N2CC[NH+]([C@H](C)C(=O)Nc3ccc4c(c3)OCCO4)CC2)cc1. The van der Waals surface area contributed by atoms with Crippen LogP contribution >= 0.6 is 0 Å². The zero-order chi connectivity index (χ0) is 20.2. The molecule has 0 spiro atoms. The molecule has 0 aliphatic carbocycles. The summed E-state index contributed by atoms with van der Waals surface area (Å²) >= 11 is 0. The van der Waals surface area contributed by atoms with E-state index in [1.54, 1.807) is 7.11 Å². The largest absolute Gasteiger partial charge is 0.497 e. The standard InChI is InChI=1S/C22H27N3O4/c1-16(22(26)23-17-3-8-20-21(15-17)29-14-13-28-20)24-9-11-25(12-10-24)18-4-6-19(27-2)7-5-18/h3-8,15-16H,9-14H2,1-2H3,(H,23,26)/p+1/t16-/m1/s1. The lowest BCUT2D eigenvalue weighted by molar-refractivity contribution is -0.914. The minimum atomic E-state index is -0.124. The van der Waals surface area contributed by atoms with Crippen molar-refractivity contribution in [2.24, 2.45) is 0 Å². The van der Waals surface area contributed by atoms with E-state index in [-0.39, 0.29) is 11.9 Å². The minimum Gasteiger partial charge on any atom is -0.497 e. The monoisotopic (exact) mass is 398 g/mol. The van der Waals surface area contributed by atoms with E-state index in [0.29, 0.717) is 19.0 Å². The molecule has 2 aliphatic heterocycles. The van der Waals surface area contributed by atoms with Gasteiger partial charge in [0.1, 0.15) is 19.0 Å². The molecule has 0 aromatic heterocycles. The number of carbonyl (C=O) groups excluding carboxylic acids is 1. The van der Waals surface area contributed by atoms with Gasteiger partial charge in [-0.05, 0) is 43.3 Å². The number of hydrogen-bond donors (Lipinski definition) is 2. The number of quaternary nitrogens is 1. The van der Waals surface area contributed by atoms with Gasteiger partial charge < -0.3 is 29.3 Å². The summed E-state index contributed by atoms with van der Waals surface area (Å²) in [6.07, 6.45) is 0. The van der Waals surface area contributed by atoms with Crippen molar-refractivity contribution in [3.63, 3.8) is 0 Å². The van der Waals surface area contributed by atoms with E-state index in [1.165, 1.54) is 10.6 Å². The fourth-order valence-electron chi connectivity index (χ4n) is 3.84. The first kappa shape index (κ1) is 19.4. The van der Waals surface area contributed by atoms with Crippen LogP contribution in [0.25, 0.3) is 0 Å². The number of anilines is 2. The van der Waals surface area contributed by atoms with Crippen molar-refractivity contribution in [2.75, 3.05) is 56.7 Å². The van der Waals surface area contributed by atoms with Crippen molar-refractivity contribution in [3.05, 3.63) is 42.5 Å². The summed E-state index contributed by atoms with van der Waals surface area (Å²) in [6, 6.07) is 13.5. The highest BCUT2D eigenvalue weighted by Crippen LogP contribution is 2.32. The summed E-state index contributed by atoms with van der Waals surface area (Å²) < 4.78 is 16.4. The molecule has 2 aromatic rings. The van der Waals surface area contributed by atoms with Crippen LogP contribution in [0.4, 0.5) is 11.4 Å². The van der Waals surface area contributed by atoms with Crippen LogP contribution in [0.1, 0.15) is 6.92 Å². The van der Waals surface area contributed by atoms with E-state index in [0.717, 1.165) is 43.4 Å². The Morgan fingerprint density at radius 3 is 2.45 bits per heavy atom. The molecule has 0 radical (unpaired) electrons. The lowest BCUT2D eigenvalue weighted by Crippen LogP contribution is -3.19. The molecule has 1 amide bonds. The Morgan fingerprint density at radius 2 is 1.76 bits per heavy atom. The van der Waals surface area contributed by atoms with E-state index < -0.39 is 0 Å². The Kier molecular flexibility index (Phi) is 5.76. The van der Waals surface area contributed by atoms with Crippen LogP contribution in [-0.2, 0) is 4.79 Å². The third kappa shape index (κ3) is 4.40. The second-order valence-electron chi connectivity index (χ2n) is 7.41. The molecule has 29 heavy (non-hydrogen) atoms. The highest BCUT2D eigenvalue weighted by atomic mass is 16.6. The third-order valence-electron chi connectivity index (χ3n) is 5.66. The summed E-state index contributed by atoms with van der Waals surface area (Å²) in [5, 5.41) is 3.02. The lowest BCUT2D eigenvalue weighted by Gasteiger charge is -2.36. The first-order chi connectivity index (χ1) is 14.1. The summed E-state index contributed by atoms with van der Waals surface area (Å²) in [5.74, 6) is 2.29. The Morgan fingerprint density at radius 1 is 1.07 bits per heavy atom. The number of ether oxygens (including phenoxy) is 3. The van der Waals surface area contributed by atoms with Gasteiger partial charge in [0.2, 0.25) is 0 Å². The van der Waals surface area contributed by atoms with Gasteiger partial charge in [-0.3, -0.25) is 4.79 Å². The topological polar surface area (TPSA) is 64.5 Å². The summed E-state index contributed by atoms with van der Waals surface area (Å²) in [6.45, 7) is 6.76. The van der Waals surface area contributed by atoms with Crippen LogP contribution in [0, 0.1) is 0 Å². The average molecular weight is 398 g/mol. The molecule has 0 bridgehead atoms. The zero-order valence-electron chi connectivity index (χ0n) is 16.9. The maximum atomic E-state index is 12.8. The molecule has 7 heteroatoms. The Balaban J connectivity index is 1.31. The number of piperazine rings is 1. The molecule has 0 saturated carbocycles. The third-order valence-corrected chi connectivity index (χ3v) is 5.66. The van der Waals surface area contributed by atoms with Gasteiger partial charge in [0.05, 0.1) is 33.3 Å². The number of fused-ring (bicyclic) bond motifs is 1. The molecule has 2 N–H and O–H groups in total.